The van der Waals surface area contributed by atoms with Gasteiger partial charge in [0.25, 0.3) is 0 Å². The Hall–Kier alpha value is -2.12. The van der Waals surface area contributed by atoms with Crippen molar-refractivity contribution < 1.29 is 0 Å². The van der Waals surface area contributed by atoms with Gasteiger partial charge < -0.3 is 0 Å². The zero-order valence-electron chi connectivity index (χ0n) is 13.3. The lowest BCUT2D eigenvalue weighted by Crippen LogP contribution is -2.24. The van der Waals surface area contributed by atoms with Gasteiger partial charge >= 0.3 is 0 Å². The summed E-state index contributed by atoms with van der Waals surface area (Å²) in [6.45, 7) is 3.56. The average Bonchev–Trinajstić information content (AvgIpc) is 3.12. The van der Waals surface area contributed by atoms with Crippen molar-refractivity contribution in [3.63, 3.8) is 0 Å². The Morgan fingerprint density at radius 1 is 1.32 bits per heavy atom. The van der Waals surface area contributed by atoms with Crippen molar-refractivity contribution in [1.82, 2.24) is 14.7 Å². The topological polar surface area (TPSA) is 44.9 Å². The van der Waals surface area contributed by atoms with Gasteiger partial charge in [0.05, 0.1) is 23.4 Å². The molecule has 1 aliphatic carbocycles. The zero-order valence-corrected chi connectivity index (χ0v) is 13.3. The summed E-state index contributed by atoms with van der Waals surface area (Å²) in [5, 5.41) is 13.8. The fourth-order valence-electron chi connectivity index (χ4n) is 3.25. The third kappa shape index (κ3) is 2.90. The average molecular weight is 294 g/mol. The van der Waals surface area contributed by atoms with Crippen molar-refractivity contribution in [3.05, 3.63) is 47.3 Å². The molecule has 0 radical (unpaired) electrons. The van der Waals surface area contributed by atoms with Crippen LogP contribution in [-0.2, 0) is 19.4 Å². The Balaban J connectivity index is 1.86. The van der Waals surface area contributed by atoms with Crippen LogP contribution in [-0.4, -0.2) is 28.3 Å². The van der Waals surface area contributed by atoms with Crippen LogP contribution in [0.25, 0.3) is 5.69 Å². The van der Waals surface area contributed by atoms with Gasteiger partial charge in [-0.1, -0.05) is 18.2 Å². The normalized spacial score (nSPS) is 14.8. The lowest BCUT2D eigenvalue weighted by molar-refractivity contribution is 0.298. The molecule has 1 atom stereocenters. The fraction of sp³-hybridized carbons (Fsp3) is 0.444. The Morgan fingerprint density at radius 2 is 2.09 bits per heavy atom. The summed E-state index contributed by atoms with van der Waals surface area (Å²) >= 11 is 0. The minimum Gasteiger partial charge on any atom is -0.299 e. The molecule has 0 fully saturated rings. The smallest absolute Gasteiger partial charge is 0.0803 e. The molecule has 1 aliphatic rings. The standard InChI is InChI=1S/C18H22N4/c1-14(11-19)12-21(2)13-17-16-9-6-10-18(16)22(20-17)15-7-4-3-5-8-15/h3-5,7-8,14H,6,9-10,12-13H2,1-2H3/t14-/m0/s1. The molecule has 0 unspecified atom stereocenters. The summed E-state index contributed by atoms with van der Waals surface area (Å²) < 4.78 is 2.11. The van der Waals surface area contributed by atoms with E-state index in [2.05, 4.69) is 47.0 Å². The molecule has 0 saturated carbocycles. The highest BCUT2D eigenvalue weighted by Gasteiger charge is 2.23. The van der Waals surface area contributed by atoms with Crippen LogP contribution < -0.4 is 0 Å². The van der Waals surface area contributed by atoms with Gasteiger partial charge in [0, 0.05) is 18.8 Å². The van der Waals surface area contributed by atoms with Crippen LogP contribution in [0.3, 0.4) is 0 Å². The molecule has 0 bridgehead atoms. The number of nitriles is 1. The predicted molar refractivity (Wildman–Crippen MR) is 86.7 cm³/mol. The first-order valence-corrected chi connectivity index (χ1v) is 7.92. The van der Waals surface area contributed by atoms with Crippen LogP contribution in [0.5, 0.6) is 0 Å². The molecule has 0 aliphatic heterocycles. The molecule has 114 valence electrons. The van der Waals surface area contributed by atoms with Crippen molar-refractivity contribution >= 4 is 0 Å². The molecule has 1 aromatic heterocycles. The first-order chi connectivity index (χ1) is 10.7. The third-order valence-corrected chi connectivity index (χ3v) is 4.24. The van der Waals surface area contributed by atoms with Crippen LogP contribution in [0.2, 0.25) is 0 Å². The van der Waals surface area contributed by atoms with E-state index < -0.39 is 0 Å². The molecule has 2 aromatic rings. The molecule has 0 amide bonds. The molecule has 4 heteroatoms. The maximum atomic E-state index is 8.96. The van der Waals surface area contributed by atoms with Crippen molar-refractivity contribution in [2.24, 2.45) is 5.92 Å². The summed E-state index contributed by atoms with van der Waals surface area (Å²) in [4.78, 5) is 2.20. The van der Waals surface area contributed by atoms with Gasteiger partial charge in [0.2, 0.25) is 0 Å². The monoisotopic (exact) mass is 294 g/mol. The van der Waals surface area contributed by atoms with Gasteiger partial charge in [-0.2, -0.15) is 10.4 Å². The lowest BCUT2D eigenvalue weighted by Gasteiger charge is -2.16. The molecule has 1 heterocycles. The Morgan fingerprint density at radius 3 is 2.82 bits per heavy atom. The molecule has 0 N–H and O–H groups in total. The summed E-state index contributed by atoms with van der Waals surface area (Å²) in [6.07, 6.45) is 3.44. The van der Waals surface area contributed by atoms with E-state index in [9.17, 15) is 0 Å². The van der Waals surface area contributed by atoms with E-state index in [1.54, 1.807) is 0 Å². The quantitative estimate of drug-likeness (QED) is 0.851. The molecule has 4 nitrogen and oxygen atoms in total. The number of aromatic nitrogens is 2. The minimum absolute atomic E-state index is 0.0502. The second-order valence-corrected chi connectivity index (χ2v) is 6.20. The van der Waals surface area contributed by atoms with E-state index in [1.165, 1.54) is 23.4 Å². The zero-order chi connectivity index (χ0) is 15.5. The van der Waals surface area contributed by atoms with Gasteiger partial charge in [-0.15, -0.1) is 0 Å². The minimum atomic E-state index is 0.0502. The highest BCUT2D eigenvalue weighted by Crippen LogP contribution is 2.28. The van der Waals surface area contributed by atoms with Crippen molar-refractivity contribution in [2.45, 2.75) is 32.7 Å². The van der Waals surface area contributed by atoms with Crippen LogP contribution >= 0.6 is 0 Å². The van der Waals surface area contributed by atoms with Crippen molar-refractivity contribution in [1.29, 1.82) is 5.26 Å². The largest absolute Gasteiger partial charge is 0.299 e. The molecule has 3 rings (SSSR count). The molecule has 0 spiro atoms. The Labute approximate surface area is 132 Å². The van der Waals surface area contributed by atoms with Gasteiger partial charge in [-0.25, -0.2) is 4.68 Å². The van der Waals surface area contributed by atoms with E-state index in [0.29, 0.717) is 0 Å². The van der Waals surface area contributed by atoms with E-state index in [0.717, 1.165) is 31.6 Å². The van der Waals surface area contributed by atoms with E-state index in [-0.39, 0.29) is 5.92 Å². The fourth-order valence-corrected chi connectivity index (χ4v) is 3.25. The highest BCUT2D eigenvalue weighted by atomic mass is 15.3. The van der Waals surface area contributed by atoms with E-state index in [4.69, 9.17) is 10.4 Å². The second-order valence-electron chi connectivity index (χ2n) is 6.20. The number of benzene rings is 1. The number of hydrogen-bond acceptors (Lipinski definition) is 3. The molecule has 0 saturated heterocycles. The van der Waals surface area contributed by atoms with Crippen LogP contribution in [0.15, 0.2) is 30.3 Å². The maximum Gasteiger partial charge on any atom is 0.0803 e. The number of para-hydroxylation sites is 1. The summed E-state index contributed by atoms with van der Waals surface area (Å²) in [7, 11) is 2.07. The van der Waals surface area contributed by atoms with Crippen molar-refractivity contribution in [2.75, 3.05) is 13.6 Å². The Bertz CT molecular complexity index is 681. The lowest BCUT2D eigenvalue weighted by atomic mass is 10.1. The number of hydrogen-bond donors (Lipinski definition) is 0. The summed E-state index contributed by atoms with van der Waals surface area (Å²) in [6, 6.07) is 12.7. The summed E-state index contributed by atoms with van der Waals surface area (Å²) in [5.41, 5.74) is 5.09. The summed E-state index contributed by atoms with van der Waals surface area (Å²) in [5.74, 6) is 0.0502. The number of nitrogens with zero attached hydrogens (tertiary/aromatic N) is 4. The first kappa shape index (κ1) is 14.8. The SMILES string of the molecule is C[C@@H](C#N)CN(C)Cc1nn(-c2ccccc2)c2c1CCC2. The van der Waals surface area contributed by atoms with Crippen molar-refractivity contribution in [3.8, 4) is 11.8 Å². The van der Waals surface area contributed by atoms with E-state index in [1.807, 2.05) is 13.0 Å². The second kappa shape index (κ2) is 6.33. The highest BCUT2D eigenvalue weighted by molar-refractivity contribution is 5.39. The predicted octanol–water partition coefficient (Wildman–Crippen LogP) is 2.95. The third-order valence-electron chi connectivity index (χ3n) is 4.24. The number of fused-ring (bicyclic) bond motifs is 1. The van der Waals surface area contributed by atoms with Crippen LogP contribution in [0.1, 0.15) is 30.3 Å². The van der Waals surface area contributed by atoms with Crippen LogP contribution in [0, 0.1) is 17.2 Å². The van der Waals surface area contributed by atoms with Gasteiger partial charge in [-0.3, -0.25) is 4.90 Å². The van der Waals surface area contributed by atoms with Crippen LogP contribution in [0.4, 0.5) is 0 Å². The first-order valence-electron chi connectivity index (χ1n) is 7.92. The van der Waals surface area contributed by atoms with Gasteiger partial charge in [-0.05, 0) is 50.9 Å². The maximum absolute atomic E-state index is 8.96. The molecule has 1 aromatic carbocycles. The molecule has 22 heavy (non-hydrogen) atoms. The Kier molecular flexibility index (Phi) is 4.26. The molecular weight excluding hydrogens is 272 g/mol. The van der Waals surface area contributed by atoms with Gasteiger partial charge in [0.1, 0.15) is 0 Å². The van der Waals surface area contributed by atoms with E-state index >= 15 is 0 Å². The molecular formula is C18H22N4. The van der Waals surface area contributed by atoms with Gasteiger partial charge in [0.15, 0.2) is 0 Å². The number of rotatable bonds is 5.